The number of rotatable bonds is 4. The first-order chi connectivity index (χ1) is 12.2. The molecule has 0 unspecified atom stereocenters. The Morgan fingerprint density at radius 1 is 1.16 bits per heavy atom. The van der Waals surface area contributed by atoms with E-state index in [2.05, 4.69) is 35.3 Å². The maximum atomic E-state index is 12.6. The van der Waals surface area contributed by atoms with Gasteiger partial charge in [-0.1, -0.05) is 43.3 Å². The van der Waals surface area contributed by atoms with Crippen LogP contribution in [0.15, 0.2) is 42.5 Å². The quantitative estimate of drug-likeness (QED) is 0.926. The van der Waals surface area contributed by atoms with Crippen LogP contribution in [0.5, 0.6) is 0 Å². The molecule has 2 aliphatic heterocycles. The van der Waals surface area contributed by atoms with E-state index in [4.69, 9.17) is 4.74 Å². The zero-order chi connectivity index (χ0) is 17.2. The van der Waals surface area contributed by atoms with Crippen molar-refractivity contribution in [1.82, 2.24) is 4.90 Å². The maximum Gasteiger partial charge on any atom is 0.227 e. The number of amides is 1. The van der Waals surface area contributed by atoms with Crippen LogP contribution in [0.3, 0.4) is 0 Å². The summed E-state index contributed by atoms with van der Waals surface area (Å²) in [4.78, 5) is 15.0. The highest BCUT2D eigenvalue weighted by atomic mass is 16.5. The van der Waals surface area contributed by atoms with Crippen LogP contribution in [0.25, 0.3) is 0 Å². The minimum absolute atomic E-state index is 0.0186. The number of hydrogen-bond acceptors (Lipinski definition) is 3. The van der Waals surface area contributed by atoms with Crippen molar-refractivity contribution in [3.8, 4) is 0 Å². The van der Waals surface area contributed by atoms with Crippen molar-refractivity contribution in [2.75, 3.05) is 18.5 Å². The van der Waals surface area contributed by atoms with E-state index in [1.54, 1.807) is 0 Å². The van der Waals surface area contributed by atoms with Gasteiger partial charge in [0.1, 0.15) is 0 Å². The van der Waals surface area contributed by atoms with E-state index in [1.165, 1.54) is 16.7 Å². The van der Waals surface area contributed by atoms with Gasteiger partial charge >= 0.3 is 0 Å². The lowest BCUT2D eigenvalue weighted by molar-refractivity contribution is -0.119. The fourth-order valence-corrected chi connectivity index (χ4v) is 3.85. The summed E-state index contributed by atoms with van der Waals surface area (Å²) in [6.45, 7) is 5.75. The van der Waals surface area contributed by atoms with Crippen LogP contribution in [-0.4, -0.2) is 24.0 Å². The third kappa shape index (κ3) is 3.32. The lowest BCUT2D eigenvalue weighted by Gasteiger charge is -2.25. The Kier molecular flexibility index (Phi) is 4.55. The zero-order valence-electron chi connectivity index (χ0n) is 14.6. The van der Waals surface area contributed by atoms with Crippen LogP contribution in [0, 0.1) is 0 Å². The molecule has 2 aliphatic rings. The monoisotopic (exact) mass is 336 g/mol. The van der Waals surface area contributed by atoms with Gasteiger partial charge < -0.3 is 10.1 Å². The van der Waals surface area contributed by atoms with E-state index in [0.29, 0.717) is 13.0 Å². The van der Waals surface area contributed by atoms with Crippen molar-refractivity contribution < 1.29 is 9.53 Å². The minimum Gasteiger partial charge on any atom is -0.373 e. The molecule has 130 valence electrons. The first-order valence-electron chi connectivity index (χ1n) is 9.07. The summed E-state index contributed by atoms with van der Waals surface area (Å²) < 4.78 is 5.87. The Balaban J connectivity index is 1.47. The zero-order valence-corrected chi connectivity index (χ0v) is 14.6. The molecule has 0 saturated carbocycles. The van der Waals surface area contributed by atoms with Gasteiger partial charge in [0.05, 0.1) is 19.1 Å². The highest BCUT2D eigenvalue weighted by molar-refractivity contribution is 5.92. The van der Waals surface area contributed by atoms with Crippen molar-refractivity contribution >= 4 is 11.6 Å². The van der Waals surface area contributed by atoms with E-state index in [-0.39, 0.29) is 12.0 Å². The molecule has 4 rings (SSSR count). The fourth-order valence-electron chi connectivity index (χ4n) is 3.85. The predicted molar refractivity (Wildman–Crippen MR) is 98.3 cm³/mol. The van der Waals surface area contributed by atoms with E-state index in [0.717, 1.165) is 37.3 Å². The Morgan fingerprint density at radius 3 is 2.88 bits per heavy atom. The van der Waals surface area contributed by atoms with Crippen molar-refractivity contribution in [1.29, 1.82) is 0 Å². The molecule has 2 aromatic rings. The SMILES string of the molecule is CCN1Cc2cccc(NC(=O)C[C@@H]3OCCc4ccccc43)c2C1. The summed E-state index contributed by atoms with van der Waals surface area (Å²) in [5, 5.41) is 3.12. The average Bonchev–Trinajstić information content (AvgIpc) is 3.06. The molecule has 0 aromatic heterocycles. The number of anilines is 1. The molecule has 4 nitrogen and oxygen atoms in total. The Labute approximate surface area is 148 Å². The summed E-state index contributed by atoms with van der Waals surface area (Å²) in [7, 11) is 0. The number of ether oxygens (including phenoxy) is 1. The first kappa shape index (κ1) is 16.3. The standard InChI is InChI=1S/C21H24N2O2/c1-2-23-13-16-7-5-9-19(18(16)14-23)22-21(24)12-20-17-8-4-3-6-15(17)10-11-25-20/h3-9,20H,2,10-14H2,1H3,(H,22,24)/t20-/m0/s1. The summed E-state index contributed by atoms with van der Waals surface area (Å²) >= 11 is 0. The van der Waals surface area contributed by atoms with Gasteiger partial charge in [0.15, 0.2) is 0 Å². The van der Waals surface area contributed by atoms with Gasteiger partial charge in [-0.15, -0.1) is 0 Å². The molecule has 2 aromatic carbocycles. The normalized spacial score (nSPS) is 19.3. The number of fused-ring (bicyclic) bond motifs is 2. The molecule has 0 saturated heterocycles. The minimum atomic E-state index is -0.145. The van der Waals surface area contributed by atoms with Crippen LogP contribution >= 0.6 is 0 Å². The van der Waals surface area contributed by atoms with E-state index in [9.17, 15) is 4.79 Å². The third-order valence-corrected chi connectivity index (χ3v) is 5.23. The van der Waals surface area contributed by atoms with Gasteiger partial charge in [-0.25, -0.2) is 0 Å². The smallest absolute Gasteiger partial charge is 0.227 e. The van der Waals surface area contributed by atoms with Crippen molar-refractivity contribution in [3.05, 3.63) is 64.7 Å². The molecule has 0 aliphatic carbocycles. The van der Waals surface area contributed by atoms with Gasteiger partial charge in [0.25, 0.3) is 0 Å². The second kappa shape index (κ2) is 6.98. The molecule has 2 heterocycles. The molecular formula is C21H24N2O2. The van der Waals surface area contributed by atoms with Crippen molar-refractivity contribution in [3.63, 3.8) is 0 Å². The number of benzene rings is 2. The highest BCUT2D eigenvalue weighted by Crippen LogP contribution is 2.32. The van der Waals surface area contributed by atoms with E-state index >= 15 is 0 Å². The Morgan fingerprint density at radius 2 is 2.00 bits per heavy atom. The number of hydrogen-bond donors (Lipinski definition) is 1. The van der Waals surface area contributed by atoms with Crippen LogP contribution in [0.4, 0.5) is 5.69 Å². The van der Waals surface area contributed by atoms with Crippen LogP contribution in [0.2, 0.25) is 0 Å². The first-order valence-corrected chi connectivity index (χ1v) is 9.07. The van der Waals surface area contributed by atoms with Crippen LogP contribution < -0.4 is 5.32 Å². The summed E-state index contributed by atoms with van der Waals surface area (Å²) in [5.74, 6) is 0.0186. The average molecular weight is 336 g/mol. The third-order valence-electron chi connectivity index (χ3n) is 5.23. The molecular weight excluding hydrogens is 312 g/mol. The Hall–Kier alpha value is -2.17. The molecule has 0 spiro atoms. The highest BCUT2D eigenvalue weighted by Gasteiger charge is 2.25. The molecule has 0 bridgehead atoms. The number of nitrogens with zero attached hydrogens (tertiary/aromatic N) is 1. The van der Waals surface area contributed by atoms with Crippen LogP contribution in [0.1, 0.15) is 41.7 Å². The number of carbonyl (C=O) groups is 1. The molecule has 1 amide bonds. The van der Waals surface area contributed by atoms with Gasteiger partial charge in [-0.2, -0.15) is 0 Å². The van der Waals surface area contributed by atoms with Gasteiger partial charge in [-0.05, 0) is 41.3 Å². The van der Waals surface area contributed by atoms with E-state index in [1.807, 2.05) is 24.3 Å². The van der Waals surface area contributed by atoms with Crippen LogP contribution in [-0.2, 0) is 29.0 Å². The number of nitrogens with one attached hydrogen (secondary N) is 1. The molecule has 1 atom stereocenters. The maximum absolute atomic E-state index is 12.6. The van der Waals surface area contributed by atoms with Crippen molar-refractivity contribution in [2.45, 2.75) is 39.0 Å². The van der Waals surface area contributed by atoms with Gasteiger partial charge in [-0.3, -0.25) is 9.69 Å². The summed E-state index contributed by atoms with van der Waals surface area (Å²) in [6, 6.07) is 14.5. The van der Waals surface area contributed by atoms with Gasteiger partial charge in [0.2, 0.25) is 5.91 Å². The topological polar surface area (TPSA) is 41.6 Å². The molecule has 4 heteroatoms. The fraction of sp³-hybridized carbons (Fsp3) is 0.381. The summed E-state index contributed by atoms with van der Waals surface area (Å²) in [5.41, 5.74) is 5.97. The lowest BCUT2D eigenvalue weighted by Crippen LogP contribution is -2.22. The van der Waals surface area contributed by atoms with Crippen molar-refractivity contribution in [2.24, 2.45) is 0 Å². The Bertz CT molecular complexity index is 787. The number of carbonyl (C=O) groups excluding carboxylic acids is 1. The van der Waals surface area contributed by atoms with Gasteiger partial charge in [0, 0.05) is 18.8 Å². The molecule has 1 N–H and O–H groups in total. The molecule has 25 heavy (non-hydrogen) atoms. The largest absolute Gasteiger partial charge is 0.373 e. The lowest BCUT2D eigenvalue weighted by atomic mass is 9.95. The molecule has 0 fully saturated rings. The predicted octanol–water partition coefficient (Wildman–Crippen LogP) is 3.66. The van der Waals surface area contributed by atoms with E-state index < -0.39 is 0 Å². The molecule has 0 radical (unpaired) electrons. The second-order valence-electron chi connectivity index (χ2n) is 6.81. The summed E-state index contributed by atoms with van der Waals surface area (Å²) in [6.07, 6.45) is 1.14. The second-order valence-corrected chi connectivity index (χ2v) is 6.81.